The number of para-hydroxylation sites is 3. The van der Waals surface area contributed by atoms with Crippen molar-refractivity contribution in [2.24, 2.45) is 0 Å². The number of halogens is 1. The van der Waals surface area contributed by atoms with Crippen LogP contribution in [-0.4, -0.2) is 15.5 Å². The molecule has 4 aromatic rings. The van der Waals surface area contributed by atoms with E-state index in [0.717, 1.165) is 11.2 Å². The number of nitrogens with zero attached hydrogens (tertiary/aromatic N) is 2. The summed E-state index contributed by atoms with van der Waals surface area (Å²) in [5.74, 6) is 0.0991. The molecule has 0 aliphatic carbocycles. The van der Waals surface area contributed by atoms with Gasteiger partial charge in [0.2, 0.25) is 0 Å². The van der Waals surface area contributed by atoms with E-state index < -0.39 is 0 Å². The minimum Gasteiger partial charge on any atom is -0.320 e. The van der Waals surface area contributed by atoms with Gasteiger partial charge in [0.05, 0.1) is 28.0 Å². The zero-order valence-electron chi connectivity index (χ0n) is 13.0. The molecule has 0 atom stereocenters. The maximum atomic E-state index is 13.8. The van der Waals surface area contributed by atoms with Crippen molar-refractivity contribution in [3.8, 4) is 17.1 Å². The van der Waals surface area contributed by atoms with Crippen LogP contribution in [0.15, 0.2) is 66.7 Å². The molecule has 0 saturated heterocycles. The smallest absolute Gasteiger partial charge is 0.257 e. The van der Waals surface area contributed by atoms with E-state index in [1.165, 1.54) is 12.1 Å². The Labute approximate surface area is 142 Å². The number of rotatable bonds is 1. The summed E-state index contributed by atoms with van der Waals surface area (Å²) >= 11 is 0. The number of hydrogen-bond acceptors (Lipinski definition) is 2. The van der Waals surface area contributed by atoms with Crippen molar-refractivity contribution in [2.45, 2.75) is 0 Å². The van der Waals surface area contributed by atoms with Crippen molar-refractivity contribution >= 4 is 22.6 Å². The van der Waals surface area contributed by atoms with Crippen LogP contribution in [-0.2, 0) is 0 Å². The van der Waals surface area contributed by atoms with Gasteiger partial charge in [-0.2, -0.15) is 0 Å². The molecule has 0 saturated carbocycles. The molecule has 1 amide bonds. The molecule has 0 bridgehead atoms. The topological polar surface area (TPSA) is 46.9 Å². The monoisotopic (exact) mass is 329 g/mol. The lowest BCUT2D eigenvalue weighted by atomic mass is 10.1. The first-order valence-corrected chi connectivity index (χ1v) is 7.90. The van der Waals surface area contributed by atoms with E-state index in [1.807, 2.05) is 41.0 Å². The second-order valence-corrected chi connectivity index (χ2v) is 5.93. The molecule has 4 nitrogen and oxygen atoms in total. The maximum absolute atomic E-state index is 13.8. The van der Waals surface area contributed by atoms with Crippen LogP contribution in [0, 0.1) is 5.82 Å². The van der Waals surface area contributed by atoms with E-state index >= 15 is 0 Å². The third-order valence-electron chi connectivity index (χ3n) is 4.40. The van der Waals surface area contributed by atoms with Crippen LogP contribution in [0.1, 0.15) is 10.4 Å². The Morgan fingerprint density at radius 2 is 1.80 bits per heavy atom. The van der Waals surface area contributed by atoms with Gasteiger partial charge in [0.1, 0.15) is 11.6 Å². The average Bonchev–Trinajstić information content (AvgIpc) is 2.95. The Morgan fingerprint density at radius 3 is 2.68 bits per heavy atom. The van der Waals surface area contributed by atoms with Crippen LogP contribution in [0.2, 0.25) is 0 Å². The molecule has 1 aromatic heterocycles. The molecule has 120 valence electrons. The molecule has 3 aromatic carbocycles. The standard InChI is InChI=1S/C20H12FN3O/c21-13-6-3-5-12(11-13)19-22-16-9-4-7-14-18(16)24(19)17-10-2-1-8-15(17)23-20(14)25/h1-11H,(H,23,25). The van der Waals surface area contributed by atoms with Crippen molar-refractivity contribution in [1.82, 2.24) is 9.55 Å². The lowest BCUT2D eigenvalue weighted by Gasteiger charge is -2.11. The number of carbonyl (C=O) groups is 1. The number of benzene rings is 3. The molecule has 1 aliphatic rings. The van der Waals surface area contributed by atoms with E-state index in [0.29, 0.717) is 28.2 Å². The predicted octanol–water partition coefficient (Wildman–Crippen LogP) is 4.40. The van der Waals surface area contributed by atoms with Crippen molar-refractivity contribution in [3.63, 3.8) is 0 Å². The zero-order valence-corrected chi connectivity index (χ0v) is 13.0. The van der Waals surface area contributed by atoms with Crippen LogP contribution in [0.5, 0.6) is 0 Å². The van der Waals surface area contributed by atoms with Gasteiger partial charge < -0.3 is 5.32 Å². The normalized spacial score (nSPS) is 12.6. The van der Waals surface area contributed by atoms with Crippen LogP contribution in [0.3, 0.4) is 0 Å². The fourth-order valence-corrected chi connectivity index (χ4v) is 3.33. The summed E-state index contributed by atoms with van der Waals surface area (Å²) in [7, 11) is 0. The number of fused-ring (bicyclic) bond motifs is 2. The summed E-state index contributed by atoms with van der Waals surface area (Å²) in [5, 5.41) is 2.94. The Morgan fingerprint density at radius 1 is 0.960 bits per heavy atom. The Balaban J connectivity index is 1.96. The maximum Gasteiger partial charge on any atom is 0.257 e. The fraction of sp³-hybridized carbons (Fsp3) is 0. The predicted molar refractivity (Wildman–Crippen MR) is 94.4 cm³/mol. The summed E-state index contributed by atoms with van der Waals surface area (Å²) in [6.07, 6.45) is 0. The highest BCUT2D eigenvalue weighted by molar-refractivity contribution is 6.14. The zero-order chi connectivity index (χ0) is 17.0. The van der Waals surface area contributed by atoms with Crippen molar-refractivity contribution in [1.29, 1.82) is 0 Å². The SMILES string of the molecule is O=C1Nc2ccccc2-n2c(-c3cccc(F)c3)nc3cccc1c32. The minimum absolute atomic E-state index is 0.178. The first-order valence-electron chi connectivity index (χ1n) is 7.90. The second-order valence-electron chi connectivity index (χ2n) is 5.93. The quantitative estimate of drug-likeness (QED) is 0.563. The number of carbonyl (C=O) groups excluding carboxylic acids is 1. The van der Waals surface area contributed by atoms with Gasteiger partial charge in [-0.05, 0) is 36.4 Å². The van der Waals surface area contributed by atoms with Crippen LogP contribution < -0.4 is 5.32 Å². The van der Waals surface area contributed by atoms with E-state index in [1.54, 1.807) is 18.2 Å². The third kappa shape index (κ3) is 1.99. The van der Waals surface area contributed by atoms with Crippen LogP contribution >= 0.6 is 0 Å². The molecular weight excluding hydrogens is 317 g/mol. The molecule has 5 heteroatoms. The number of hydrogen-bond donors (Lipinski definition) is 1. The van der Waals surface area contributed by atoms with E-state index in [2.05, 4.69) is 10.3 Å². The number of aromatic nitrogens is 2. The Hall–Kier alpha value is -3.47. The summed E-state index contributed by atoms with van der Waals surface area (Å²) in [4.78, 5) is 17.3. The molecule has 25 heavy (non-hydrogen) atoms. The summed E-state index contributed by atoms with van der Waals surface area (Å²) in [5.41, 5.74) is 4.13. The van der Waals surface area contributed by atoms with Gasteiger partial charge in [-0.1, -0.05) is 30.3 Å². The first-order chi connectivity index (χ1) is 12.2. The Kier molecular flexibility index (Phi) is 2.79. The number of imidazole rings is 1. The Bertz CT molecular complexity index is 1160. The van der Waals surface area contributed by atoms with E-state index in [4.69, 9.17) is 0 Å². The molecule has 1 aliphatic heterocycles. The number of nitrogens with one attached hydrogen (secondary N) is 1. The number of anilines is 1. The lowest BCUT2D eigenvalue weighted by Crippen LogP contribution is -2.10. The summed E-state index contributed by atoms with van der Waals surface area (Å²) < 4.78 is 15.7. The minimum atomic E-state index is -0.325. The highest BCUT2D eigenvalue weighted by Gasteiger charge is 2.25. The highest BCUT2D eigenvalue weighted by Crippen LogP contribution is 2.36. The van der Waals surface area contributed by atoms with Gasteiger partial charge in [0.15, 0.2) is 0 Å². The van der Waals surface area contributed by atoms with Gasteiger partial charge in [-0.25, -0.2) is 9.37 Å². The molecule has 2 heterocycles. The van der Waals surface area contributed by atoms with Crippen molar-refractivity contribution < 1.29 is 9.18 Å². The molecule has 0 spiro atoms. The first kappa shape index (κ1) is 13.9. The van der Waals surface area contributed by atoms with Crippen LogP contribution in [0.4, 0.5) is 10.1 Å². The molecule has 1 N–H and O–H groups in total. The molecule has 0 radical (unpaired) electrons. The highest BCUT2D eigenvalue weighted by atomic mass is 19.1. The second kappa shape index (κ2) is 5.01. The van der Waals surface area contributed by atoms with Gasteiger partial charge in [0.25, 0.3) is 5.91 Å². The fourth-order valence-electron chi connectivity index (χ4n) is 3.33. The van der Waals surface area contributed by atoms with E-state index in [-0.39, 0.29) is 11.7 Å². The molecule has 0 unspecified atom stereocenters. The summed E-state index contributed by atoms with van der Waals surface area (Å²) in [6, 6.07) is 19.3. The molecule has 5 rings (SSSR count). The average molecular weight is 329 g/mol. The lowest BCUT2D eigenvalue weighted by molar-refractivity contribution is 0.102. The van der Waals surface area contributed by atoms with Crippen LogP contribution in [0.25, 0.3) is 28.1 Å². The van der Waals surface area contributed by atoms with Gasteiger partial charge in [-0.3, -0.25) is 9.36 Å². The number of amides is 1. The summed E-state index contributed by atoms with van der Waals surface area (Å²) in [6.45, 7) is 0. The van der Waals surface area contributed by atoms with E-state index in [9.17, 15) is 9.18 Å². The molecule has 0 fully saturated rings. The molecular formula is C20H12FN3O. The van der Waals surface area contributed by atoms with Gasteiger partial charge >= 0.3 is 0 Å². The van der Waals surface area contributed by atoms with Crippen molar-refractivity contribution in [2.75, 3.05) is 5.32 Å². The van der Waals surface area contributed by atoms with Crippen molar-refractivity contribution in [3.05, 3.63) is 78.1 Å². The largest absolute Gasteiger partial charge is 0.320 e. The van der Waals surface area contributed by atoms with Gasteiger partial charge in [-0.15, -0.1) is 0 Å². The third-order valence-corrected chi connectivity index (χ3v) is 4.40. The van der Waals surface area contributed by atoms with Gasteiger partial charge in [0, 0.05) is 5.56 Å².